The first-order chi connectivity index (χ1) is 10.4. The third-order valence-corrected chi connectivity index (χ3v) is 4.66. The van der Waals surface area contributed by atoms with Gasteiger partial charge in [-0.3, -0.25) is 9.20 Å². The number of thiazole rings is 1. The fraction of sp³-hybridized carbons (Fsp3) is 0.533. The number of amides is 1. The molecule has 2 rings (SSSR count). The van der Waals surface area contributed by atoms with Crippen molar-refractivity contribution in [3.63, 3.8) is 0 Å². The van der Waals surface area contributed by atoms with Crippen molar-refractivity contribution in [2.24, 2.45) is 0 Å². The highest BCUT2D eigenvalue weighted by molar-refractivity contribution is 7.15. The van der Waals surface area contributed by atoms with Crippen molar-refractivity contribution in [2.45, 2.75) is 45.6 Å². The van der Waals surface area contributed by atoms with Crippen molar-refractivity contribution in [3.05, 3.63) is 23.0 Å². The van der Waals surface area contributed by atoms with E-state index in [0.29, 0.717) is 19.3 Å². The number of rotatable bonds is 6. The zero-order chi connectivity index (χ0) is 16.3. The Hall–Kier alpha value is -1.89. The lowest BCUT2D eigenvalue weighted by Gasteiger charge is -2.26. The number of ether oxygens (including phenoxy) is 1. The van der Waals surface area contributed by atoms with Gasteiger partial charge in [-0.25, -0.2) is 9.78 Å². The molecule has 0 aliphatic carbocycles. The largest absolute Gasteiger partial charge is 0.467 e. The molecule has 120 valence electrons. The van der Waals surface area contributed by atoms with Gasteiger partial charge in [0.05, 0.1) is 12.8 Å². The first kappa shape index (κ1) is 16.5. The molecule has 1 amide bonds. The molecule has 0 radical (unpaired) electrons. The van der Waals surface area contributed by atoms with Crippen molar-refractivity contribution < 1.29 is 14.3 Å². The highest BCUT2D eigenvalue weighted by Gasteiger charge is 2.33. The number of carbonyl (C=O) groups is 2. The Labute approximate surface area is 133 Å². The van der Waals surface area contributed by atoms with E-state index in [1.807, 2.05) is 29.8 Å². The van der Waals surface area contributed by atoms with E-state index in [1.165, 1.54) is 7.11 Å². The van der Waals surface area contributed by atoms with E-state index in [4.69, 9.17) is 4.74 Å². The molecule has 7 heteroatoms. The molecule has 6 nitrogen and oxygen atoms in total. The van der Waals surface area contributed by atoms with Crippen LogP contribution in [0.2, 0.25) is 0 Å². The van der Waals surface area contributed by atoms with E-state index in [1.54, 1.807) is 18.3 Å². The molecular formula is C15H21N3O3S. The Bertz CT molecular complexity index is 691. The Morgan fingerprint density at radius 3 is 2.86 bits per heavy atom. The van der Waals surface area contributed by atoms with Crippen LogP contribution in [0.3, 0.4) is 0 Å². The average Bonchev–Trinajstić information content (AvgIpc) is 3.03. The fourth-order valence-corrected chi connectivity index (χ4v) is 3.20. The molecule has 2 aromatic heterocycles. The van der Waals surface area contributed by atoms with Crippen LogP contribution in [0.5, 0.6) is 0 Å². The highest BCUT2D eigenvalue weighted by atomic mass is 32.1. The predicted molar refractivity (Wildman–Crippen MR) is 85.0 cm³/mol. The van der Waals surface area contributed by atoms with Gasteiger partial charge in [0.15, 0.2) is 4.96 Å². The molecule has 0 aliphatic heterocycles. The van der Waals surface area contributed by atoms with Crippen molar-refractivity contribution in [2.75, 3.05) is 7.11 Å². The molecule has 22 heavy (non-hydrogen) atoms. The molecule has 0 saturated heterocycles. The van der Waals surface area contributed by atoms with E-state index in [9.17, 15) is 9.59 Å². The summed E-state index contributed by atoms with van der Waals surface area (Å²) >= 11 is 1.56. The highest BCUT2D eigenvalue weighted by Crippen LogP contribution is 2.18. The number of aromatic nitrogens is 2. The van der Waals surface area contributed by atoms with Crippen molar-refractivity contribution in [1.29, 1.82) is 0 Å². The van der Waals surface area contributed by atoms with Crippen LogP contribution in [0.15, 0.2) is 11.6 Å². The van der Waals surface area contributed by atoms with Gasteiger partial charge < -0.3 is 10.1 Å². The van der Waals surface area contributed by atoms with Gasteiger partial charge in [-0.1, -0.05) is 6.92 Å². The van der Waals surface area contributed by atoms with Crippen LogP contribution in [-0.4, -0.2) is 33.9 Å². The molecule has 0 saturated carbocycles. The van der Waals surface area contributed by atoms with Crippen LogP contribution in [0, 0.1) is 6.92 Å². The number of aryl methyl sites for hydroxylation is 2. The summed E-state index contributed by atoms with van der Waals surface area (Å²) in [6, 6.07) is 0. The monoisotopic (exact) mass is 323 g/mol. The normalized spacial score (nSPS) is 13.8. The van der Waals surface area contributed by atoms with Crippen LogP contribution in [0.25, 0.3) is 4.96 Å². The molecule has 0 unspecified atom stereocenters. The number of hydrogen-bond donors (Lipinski definition) is 1. The first-order valence-corrected chi connectivity index (χ1v) is 8.09. The molecular weight excluding hydrogens is 302 g/mol. The minimum absolute atomic E-state index is 0.161. The van der Waals surface area contributed by atoms with Crippen LogP contribution < -0.4 is 5.32 Å². The minimum atomic E-state index is -0.971. The van der Waals surface area contributed by atoms with Crippen LogP contribution in [-0.2, 0) is 20.7 Å². The molecule has 0 spiro atoms. The minimum Gasteiger partial charge on any atom is -0.467 e. The second-order valence-electron chi connectivity index (χ2n) is 5.49. The summed E-state index contributed by atoms with van der Waals surface area (Å²) in [5.41, 5.74) is 1.04. The van der Waals surface area contributed by atoms with E-state index in [-0.39, 0.29) is 5.91 Å². The summed E-state index contributed by atoms with van der Waals surface area (Å²) in [6.07, 6.45) is 3.36. The number of nitrogens with one attached hydrogen (secondary N) is 1. The summed E-state index contributed by atoms with van der Waals surface area (Å²) in [5.74, 6) is -0.586. The number of methoxy groups -OCH3 is 1. The van der Waals surface area contributed by atoms with Gasteiger partial charge in [0, 0.05) is 23.7 Å². The smallest absolute Gasteiger partial charge is 0.331 e. The first-order valence-electron chi connectivity index (χ1n) is 7.21. The maximum absolute atomic E-state index is 12.1. The van der Waals surface area contributed by atoms with Crippen molar-refractivity contribution >= 4 is 28.2 Å². The van der Waals surface area contributed by atoms with Gasteiger partial charge in [0.1, 0.15) is 5.54 Å². The third kappa shape index (κ3) is 3.30. The summed E-state index contributed by atoms with van der Waals surface area (Å²) in [5, 5.41) is 4.78. The van der Waals surface area contributed by atoms with E-state index in [0.717, 1.165) is 16.3 Å². The lowest BCUT2D eigenvalue weighted by atomic mass is 9.98. The summed E-state index contributed by atoms with van der Waals surface area (Å²) in [6.45, 7) is 5.46. The number of nitrogens with zero attached hydrogens (tertiary/aromatic N) is 2. The molecule has 0 bridgehead atoms. The van der Waals surface area contributed by atoms with E-state index in [2.05, 4.69) is 10.3 Å². The van der Waals surface area contributed by atoms with Crippen LogP contribution in [0.1, 0.15) is 38.1 Å². The topological polar surface area (TPSA) is 72.7 Å². The SMILES string of the molecule is CC[C@](C)(NC(=O)CCc1csc2nc(C)cn12)C(=O)OC. The maximum atomic E-state index is 12.1. The quantitative estimate of drug-likeness (QED) is 0.826. The van der Waals surface area contributed by atoms with Gasteiger partial charge >= 0.3 is 5.97 Å². The summed E-state index contributed by atoms with van der Waals surface area (Å²) in [4.78, 5) is 29.2. The Morgan fingerprint density at radius 2 is 2.23 bits per heavy atom. The molecule has 0 fully saturated rings. The molecule has 1 N–H and O–H groups in total. The maximum Gasteiger partial charge on any atom is 0.331 e. The Morgan fingerprint density at radius 1 is 1.50 bits per heavy atom. The standard InChI is InChI=1S/C15H21N3O3S/c1-5-15(3,13(20)21-4)17-12(19)7-6-11-9-22-14-16-10(2)8-18(11)14/h8-9H,5-7H2,1-4H3,(H,17,19)/t15-/m0/s1. The zero-order valence-electron chi connectivity index (χ0n) is 13.3. The number of imidazole rings is 1. The van der Waals surface area contributed by atoms with E-state index < -0.39 is 11.5 Å². The second-order valence-corrected chi connectivity index (χ2v) is 6.32. The van der Waals surface area contributed by atoms with Crippen molar-refractivity contribution in [1.82, 2.24) is 14.7 Å². The number of fused-ring (bicyclic) bond motifs is 1. The zero-order valence-corrected chi connectivity index (χ0v) is 14.1. The van der Waals surface area contributed by atoms with Gasteiger partial charge in [-0.05, 0) is 26.7 Å². The molecule has 0 aliphatic rings. The number of carbonyl (C=O) groups excluding carboxylic acids is 2. The lowest BCUT2D eigenvalue weighted by Crippen LogP contribution is -2.52. The third-order valence-electron chi connectivity index (χ3n) is 3.77. The fourth-order valence-electron chi connectivity index (χ4n) is 2.24. The van der Waals surface area contributed by atoms with Crippen LogP contribution >= 0.6 is 11.3 Å². The lowest BCUT2D eigenvalue weighted by molar-refractivity contribution is -0.150. The van der Waals surface area contributed by atoms with Gasteiger partial charge in [0.2, 0.25) is 5.91 Å². The van der Waals surface area contributed by atoms with Gasteiger partial charge in [-0.15, -0.1) is 11.3 Å². The van der Waals surface area contributed by atoms with Crippen LogP contribution in [0.4, 0.5) is 0 Å². The van der Waals surface area contributed by atoms with E-state index >= 15 is 0 Å². The Balaban J connectivity index is 1.99. The second kappa shape index (κ2) is 6.48. The number of hydrogen-bond acceptors (Lipinski definition) is 5. The molecule has 1 atom stereocenters. The van der Waals surface area contributed by atoms with Gasteiger partial charge in [-0.2, -0.15) is 0 Å². The predicted octanol–water partition coefficient (Wildman–Crippen LogP) is 2.09. The van der Waals surface area contributed by atoms with Gasteiger partial charge in [0.25, 0.3) is 0 Å². The number of esters is 1. The molecule has 0 aromatic carbocycles. The van der Waals surface area contributed by atoms with Crippen molar-refractivity contribution in [3.8, 4) is 0 Å². The molecule has 2 aromatic rings. The molecule has 2 heterocycles. The summed E-state index contributed by atoms with van der Waals surface area (Å²) in [7, 11) is 1.33. The Kier molecular flexibility index (Phi) is 4.85. The summed E-state index contributed by atoms with van der Waals surface area (Å²) < 4.78 is 6.76. The average molecular weight is 323 g/mol.